The van der Waals surface area contributed by atoms with Gasteiger partial charge in [0.1, 0.15) is 22.3 Å². The third-order valence-corrected chi connectivity index (χ3v) is 6.36. The monoisotopic (exact) mass is 413 g/mol. The molecule has 28 heavy (non-hydrogen) atoms. The first kappa shape index (κ1) is 20.7. The van der Waals surface area contributed by atoms with E-state index in [1.807, 2.05) is 4.72 Å². The van der Waals surface area contributed by atoms with Crippen LogP contribution in [0, 0.1) is 17.5 Å². The molecule has 5 nitrogen and oxygen atoms in total. The molecule has 1 aliphatic rings. The Bertz CT molecular complexity index is 1010. The lowest BCUT2D eigenvalue weighted by molar-refractivity contribution is 0.00578. The molecule has 1 N–H and O–H groups in total. The van der Waals surface area contributed by atoms with Gasteiger partial charge in [-0.1, -0.05) is 12.1 Å². The molecule has 1 heterocycles. The van der Waals surface area contributed by atoms with Crippen molar-refractivity contribution in [3.63, 3.8) is 0 Å². The second kappa shape index (κ2) is 6.79. The fraction of sp³-hybridized carbons (Fsp3) is 0.333. The van der Waals surface area contributed by atoms with Crippen LogP contribution in [-0.4, -0.2) is 26.7 Å². The average molecular weight is 413 g/mol. The molecule has 0 spiro atoms. The number of hydrogen-bond donors (Lipinski definition) is 1. The molecule has 10 heteroatoms. The predicted molar refractivity (Wildman–Crippen MR) is 99.3 cm³/mol. The van der Waals surface area contributed by atoms with Crippen LogP contribution < -0.4 is 10.2 Å². The van der Waals surface area contributed by atoms with E-state index in [-0.39, 0.29) is 5.46 Å². The molecule has 150 valence electrons. The molecule has 2 aromatic carbocycles. The molecular formula is C18H19BF3NO4S. The lowest BCUT2D eigenvalue weighted by atomic mass is 9.78. The number of benzene rings is 2. The third kappa shape index (κ3) is 3.64. The zero-order chi connectivity index (χ0) is 20.9. The highest BCUT2D eigenvalue weighted by Crippen LogP contribution is 2.37. The second-order valence-corrected chi connectivity index (χ2v) is 9.13. The molecule has 0 unspecified atom stereocenters. The van der Waals surface area contributed by atoms with Gasteiger partial charge in [-0.2, -0.15) is 0 Å². The first-order valence-corrected chi connectivity index (χ1v) is 9.94. The molecular weight excluding hydrogens is 394 g/mol. The first-order chi connectivity index (χ1) is 12.8. The highest BCUT2D eigenvalue weighted by molar-refractivity contribution is 7.92. The number of anilines is 1. The zero-order valence-electron chi connectivity index (χ0n) is 15.7. The predicted octanol–water partition coefficient (Wildman–Crippen LogP) is 3.20. The zero-order valence-corrected chi connectivity index (χ0v) is 16.5. The number of nitrogens with one attached hydrogen (secondary N) is 1. The van der Waals surface area contributed by atoms with Crippen molar-refractivity contribution in [3.05, 3.63) is 53.8 Å². The van der Waals surface area contributed by atoms with E-state index >= 15 is 0 Å². The van der Waals surface area contributed by atoms with Gasteiger partial charge in [0.15, 0.2) is 0 Å². The Balaban J connectivity index is 1.93. The lowest BCUT2D eigenvalue weighted by Crippen LogP contribution is -2.41. The Labute approximate surface area is 162 Å². The van der Waals surface area contributed by atoms with Crippen LogP contribution >= 0.6 is 0 Å². The van der Waals surface area contributed by atoms with E-state index in [1.165, 1.54) is 12.1 Å². The molecule has 1 saturated heterocycles. The number of halogens is 3. The van der Waals surface area contributed by atoms with E-state index in [9.17, 15) is 21.6 Å². The fourth-order valence-corrected chi connectivity index (χ4v) is 3.79. The molecule has 0 atom stereocenters. The van der Waals surface area contributed by atoms with E-state index in [2.05, 4.69) is 0 Å². The summed E-state index contributed by atoms with van der Waals surface area (Å²) in [6, 6.07) is 6.08. The standard InChI is InChI=1S/C18H19BF3NO4S/c1-17(2)18(3,4)27-19(26-17)11-9-14(22)15(10-13(11)21)23-28(24,25)16-8-6-5-7-12(16)20/h5-10,23H,1-4H3. The van der Waals surface area contributed by atoms with Gasteiger partial charge in [-0.3, -0.25) is 4.72 Å². The third-order valence-electron chi connectivity index (χ3n) is 4.96. The molecule has 3 rings (SSSR count). The minimum Gasteiger partial charge on any atom is -0.399 e. The molecule has 0 aliphatic carbocycles. The average Bonchev–Trinajstić information content (AvgIpc) is 2.78. The van der Waals surface area contributed by atoms with Crippen molar-refractivity contribution in [1.82, 2.24) is 0 Å². The Kier molecular flexibility index (Phi) is 5.02. The Morgan fingerprint density at radius 1 is 0.893 bits per heavy atom. The summed E-state index contributed by atoms with van der Waals surface area (Å²) in [5, 5.41) is 0. The van der Waals surface area contributed by atoms with Gasteiger partial charge in [0, 0.05) is 11.5 Å². The van der Waals surface area contributed by atoms with Gasteiger partial charge in [0.05, 0.1) is 16.9 Å². The number of sulfonamides is 1. The van der Waals surface area contributed by atoms with Gasteiger partial charge in [0.25, 0.3) is 10.0 Å². The van der Waals surface area contributed by atoms with Gasteiger partial charge >= 0.3 is 7.12 Å². The van der Waals surface area contributed by atoms with Crippen molar-refractivity contribution in [1.29, 1.82) is 0 Å². The number of hydrogen-bond acceptors (Lipinski definition) is 4. The van der Waals surface area contributed by atoms with Crippen LogP contribution in [0.1, 0.15) is 27.7 Å². The Morgan fingerprint density at radius 3 is 2.04 bits per heavy atom. The SMILES string of the molecule is CC1(C)OB(c2cc(F)c(NS(=O)(=O)c3ccccc3F)cc2F)OC1(C)C. The molecule has 2 aromatic rings. The van der Waals surface area contributed by atoms with Gasteiger partial charge in [-0.05, 0) is 45.9 Å². The van der Waals surface area contributed by atoms with E-state index < -0.39 is 56.4 Å². The van der Waals surface area contributed by atoms with Crippen LogP contribution in [0.4, 0.5) is 18.9 Å². The molecule has 0 aromatic heterocycles. The Hall–Kier alpha value is -2.04. The Morgan fingerprint density at radius 2 is 1.46 bits per heavy atom. The van der Waals surface area contributed by atoms with Crippen LogP contribution in [0.2, 0.25) is 0 Å². The van der Waals surface area contributed by atoms with Crippen LogP contribution in [0.5, 0.6) is 0 Å². The van der Waals surface area contributed by atoms with Gasteiger partial charge in [0.2, 0.25) is 0 Å². The maximum absolute atomic E-state index is 14.6. The van der Waals surface area contributed by atoms with Gasteiger partial charge in [-0.15, -0.1) is 0 Å². The van der Waals surface area contributed by atoms with Crippen LogP contribution in [0.3, 0.4) is 0 Å². The van der Waals surface area contributed by atoms with Crippen LogP contribution in [-0.2, 0) is 19.3 Å². The van der Waals surface area contributed by atoms with E-state index in [1.54, 1.807) is 27.7 Å². The van der Waals surface area contributed by atoms with E-state index in [0.717, 1.165) is 18.2 Å². The largest absolute Gasteiger partial charge is 0.497 e. The molecule has 1 fully saturated rings. The second-order valence-electron chi connectivity index (χ2n) is 7.48. The summed E-state index contributed by atoms with van der Waals surface area (Å²) in [5.74, 6) is -2.98. The van der Waals surface area contributed by atoms with Crippen molar-refractivity contribution in [2.45, 2.75) is 43.8 Å². The summed E-state index contributed by atoms with van der Waals surface area (Å²) in [4.78, 5) is -0.676. The summed E-state index contributed by atoms with van der Waals surface area (Å²) in [6.45, 7) is 7.05. The molecule has 1 aliphatic heterocycles. The maximum atomic E-state index is 14.6. The molecule has 0 bridgehead atoms. The van der Waals surface area contributed by atoms with Crippen LogP contribution in [0.25, 0.3) is 0 Å². The van der Waals surface area contributed by atoms with E-state index in [0.29, 0.717) is 6.07 Å². The summed E-state index contributed by atoms with van der Waals surface area (Å²) < 4.78 is 80.8. The summed E-state index contributed by atoms with van der Waals surface area (Å²) in [7, 11) is -5.60. The highest BCUT2D eigenvalue weighted by atomic mass is 32.2. The van der Waals surface area contributed by atoms with Crippen molar-refractivity contribution < 1.29 is 30.9 Å². The normalized spacial score (nSPS) is 18.3. The quantitative estimate of drug-likeness (QED) is 0.783. The van der Waals surface area contributed by atoms with Gasteiger partial charge in [-0.25, -0.2) is 21.6 Å². The van der Waals surface area contributed by atoms with E-state index in [4.69, 9.17) is 9.31 Å². The van der Waals surface area contributed by atoms with Crippen molar-refractivity contribution in [2.24, 2.45) is 0 Å². The lowest BCUT2D eigenvalue weighted by Gasteiger charge is -2.32. The maximum Gasteiger partial charge on any atom is 0.497 e. The van der Waals surface area contributed by atoms with Crippen molar-refractivity contribution in [2.75, 3.05) is 4.72 Å². The summed E-state index contributed by atoms with van der Waals surface area (Å²) in [6.07, 6.45) is 0. The highest BCUT2D eigenvalue weighted by Gasteiger charge is 2.52. The van der Waals surface area contributed by atoms with Crippen molar-refractivity contribution in [3.8, 4) is 0 Å². The fourth-order valence-electron chi connectivity index (χ4n) is 2.65. The summed E-state index contributed by atoms with van der Waals surface area (Å²) in [5.41, 5.74) is -2.37. The minimum atomic E-state index is -4.45. The molecule has 0 radical (unpaired) electrons. The number of rotatable bonds is 4. The van der Waals surface area contributed by atoms with Crippen LogP contribution in [0.15, 0.2) is 41.3 Å². The topological polar surface area (TPSA) is 64.6 Å². The molecule has 0 saturated carbocycles. The van der Waals surface area contributed by atoms with Crippen molar-refractivity contribution >= 4 is 28.3 Å². The molecule has 0 amide bonds. The first-order valence-electron chi connectivity index (χ1n) is 8.46. The summed E-state index contributed by atoms with van der Waals surface area (Å²) >= 11 is 0. The smallest absolute Gasteiger partial charge is 0.399 e. The van der Waals surface area contributed by atoms with Gasteiger partial charge < -0.3 is 9.31 Å². The minimum absolute atomic E-state index is 0.204.